The summed E-state index contributed by atoms with van der Waals surface area (Å²) in [7, 11) is 0. The second-order valence-corrected chi connectivity index (χ2v) is 5.95. The number of para-hydroxylation sites is 2. The first-order chi connectivity index (χ1) is 11.6. The largest absolute Gasteiger partial charge is 0.378 e. The van der Waals surface area contributed by atoms with Crippen LogP contribution >= 0.6 is 11.8 Å². The Morgan fingerprint density at radius 2 is 1.83 bits per heavy atom. The molecule has 0 bridgehead atoms. The molecule has 2 N–H and O–H groups in total. The number of hydrogen-bond donors (Lipinski definition) is 2. The van der Waals surface area contributed by atoms with Crippen molar-refractivity contribution < 1.29 is 9.72 Å². The Hall–Kier alpha value is -2.54. The monoisotopic (exact) mass is 345 g/mol. The number of anilines is 1. The summed E-state index contributed by atoms with van der Waals surface area (Å²) < 4.78 is 0. The molecule has 126 valence electrons. The summed E-state index contributed by atoms with van der Waals surface area (Å²) in [6.45, 7) is 0.776. The first-order valence-corrected chi connectivity index (χ1v) is 8.84. The number of carbonyl (C=O) groups excluding carboxylic acids is 1. The number of carbonyl (C=O) groups is 1. The number of hydrogen-bond acceptors (Lipinski definition) is 5. The highest BCUT2D eigenvalue weighted by atomic mass is 32.2. The van der Waals surface area contributed by atoms with E-state index in [1.54, 1.807) is 42.1 Å². The first-order valence-electron chi connectivity index (χ1n) is 7.45. The third-order valence-corrected chi connectivity index (χ3v) is 3.98. The molecule has 0 aliphatic carbocycles. The van der Waals surface area contributed by atoms with E-state index < -0.39 is 4.92 Å². The van der Waals surface area contributed by atoms with Gasteiger partial charge in [0, 0.05) is 30.5 Å². The molecule has 1 amide bonds. The maximum absolute atomic E-state index is 12.0. The van der Waals surface area contributed by atoms with Gasteiger partial charge < -0.3 is 10.6 Å². The Kier molecular flexibility index (Phi) is 6.62. The van der Waals surface area contributed by atoms with Crippen molar-refractivity contribution in [1.82, 2.24) is 5.32 Å². The maximum atomic E-state index is 12.0. The number of nitro benzene ring substituents is 1. The number of rotatable bonds is 8. The van der Waals surface area contributed by atoms with E-state index in [-0.39, 0.29) is 11.6 Å². The summed E-state index contributed by atoms with van der Waals surface area (Å²) in [5.41, 5.74) is 2.24. The minimum absolute atomic E-state index is 0.0215. The Morgan fingerprint density at radius 3 is 2.50 bits per heavy atom. The molecule has 0 heterocycles. The van der Waals surface area contributed by atoms with Crippen LogP contribution < -0.4 is 10.6 Å². The van der Waals surface area contributed by atoms with Gasteiger partial charge in [-0.15, -0.1) is 0 Å². The molecule has 24 heavy (non-hydrogen) atoms. The van der Waals surface area contributed by atoms with Gasteiger partial charge in [-0.2, -0.15) is 11.8 Å². The molecule has 0 atom stereocenters. The summed E-state index contributed by atoms with van der Waals surface area (Å²) in [5.74, 6) is 0.761. The van der Waals surface area contributed by atoms with Crippen molar-refractivity contribution in [3.05, 3.63) is 69.8 Å². The molecule has 0 saturated heterocycles. The van der Waals surface area contributed by atoms with Crippen LogP contribution in [0.15, 0.2) is 48.5 Å². The van der Waals surface area contributed by atoms with Crippen LogP contribution in [0.5, 0.6) is 0 Å². The number of amides is 1. The van der Waals surface area contributed by atoms with Gasteiger partial charge >= 0.3 is 0 Å². The Labute approximate surface area is 144 Å². The Balaban J connectivity index is 1.82. The fourth-order valence-corrected chi connectivity index (χ4v) is 2.70. The fourth-order valence-electron chi connectivity index (χ4n) is 2.18. The summed E-state index contributed by atoms with van der Waals surface area (Å²) in [6, 6.07) is 13.9. The lowest BCUT2D eigenvalue weighted by Crippen LogP contribution is -2.28. The van der Waals surface area contributed by atoms with Crippen LogP contribution in [0, 0.1) is 10.1 Å². The topological polar surface area (TPSA) is 84.3 Å². The van der Waals surface area contributed by atoms with E-state index in [9.17, 15) is 14.9 Å². The molecule has 0 aliphatic heterocycles. The van der Waals surface area contributed by atoms with Gasteiger partial charge in [0.2, 0.25) is 0 Å². The lowest BCUT2D eigenvalue weighted by atomic mass is 10.1. The summed E-state index contributed by atoms with van der Waals surface area (Å²) in [4.78, 5) is 22.5. The van der Waals surface area contributed by atoms with E-state index in [1.807, 2.05) is 18.4 Å². The van der Waals surface area contributed by atoms with Gasteiger partial charge in [0.1, 0.15) is 5.69 Å². The van der Waals surface area contributed by atoms with Gasteiger partial charge in [-0.1, -0.05) is 24.3 Å². The average molecular weight is 345 g/mol. The van der Waals surface area contributed by atoms with Gasteiger partial charge in [0.25, 0.3) is 11.6 Å². The number of thioether (sulfide) groups is 1. The average Bonchev–Trinajstić information content (AvgIpc) is 2.59. The number of nitrogens with zero attached hydrogens (tertiary/aromatic N) is 1. The van der Waals surface area contributed by atoms with Crippen LogP contribution in [-0.4, -0.2) is 30.2 Å². The Morgan fingerprint density at radius 1 is 1.12 bits per heavy atom. The van der Waals surface area contributed by atoms with Crippen molar-refractivity contribution >= 4 is 29.0 Å². The van der Waals surface area contributed by atoms with Crippen LogP contribution in [0.25, 0.3) is 0 Å². The van der Waals surface area contributed by atoms with Crippen molar-refractivity contribution in [2.45, 2.75) is 5.75 Å². The zero-order chi connectivity index (χ0) is 17.4. The molecule has 0 radical (unpaired) electrons. The van der Waals surface area contributed by atoms with Crippen molar-refractivity contribution in [3.8, 4) is 0 Å². The molecular formula is C17H19N3O3S. The third-order valence-electron chi connectivity index (χ3n) is 3.35. The second-order valence-electron chi connectivity index (χ2n) is 5.09. The lowest BCUT2D eigenvalue weighted by Gasteiger charge is -2.09. The third kappa shape index (κ3) is 4.99. The standard InChI is InChI=1S/C17H19N3O3S/c1-24-12-13-6-8-14(9-7-13)17(21)19-11-10-18-15-4-2-3-5-16(15)20(22)23/h2-9,18H,10-12H2,1H3,(H,19,21). The lowest BCUT2D eigenvalue weighted by molar-refractivity contribution is -0.384. The summed E-state index contributed by atoms with van der Waals surface area (Å²) >= 11 is 1.73. The molecule has 7 heteroatoms. The normalized spacial score (nSPS) is 10.2. The molecule has 2 rings (SSSR count). The van der Waals surface area contributed by atoms with Crippen LogP contribution in [-0.2, 0) is 5.75 Å². The van der Waals surface area contributed by atoms with Gasteiger partial charge in [-0.05, 0) is 30.0 Å². The van der Waals surface area contributed by atoms with E-state index in [0.717, 1.165) is 5.75 Å². The van der Waals surface area contributed by atoms with E-state index >= 15 is 0 Å². The maximum Gasteiger partial charge on any atom is 0.292 e. The molecule has 0 aromatic heterocycles. The van der Waals surface area contributed by atoms with Gasteiger partial charge in [-0.25, -0.2) is 0 Å². The second kappa shape index (κ2) is 8.93. The molecule has 0 saturated carbocycles. The molecule has 0 aliphatic rings. The van der Waals surface area contributed by atoms with Gasteiger partial charge in [-0.3, -0.25) is 14.9 Å². The molecule has 2 aromatic rings. The first kappa shape index (κ1) is 17.8. The number of nitro groups is 1. The zero-order valence-electron chi connectivity index (χ0n) is 13.3. The highest BCUT2D eigenvalue weighted by molar-refractivity contribution is 7.97. The Bertz CT molecular complexity index is 704. The molecular weight excluding hydrogens is 326 g/mol. The van der Waals surface area contributed by atoms with Gasteiger partial charge in [0.05, 0.1) is 4.92 Å². The predicted octanol–water partition coefficient (Wildman–Crippen LogP) is 3.30. The SMILES string of the molecule is CSCc1ccc(C(=O)NCCNc2ccccc2[N+](=O)[O-])cc1. The van der Waals surface area contributed by atoms with Crippen molar-refractivity contribution in [2.24, 2.45) is 0 Å². The quantitative estimate of drug-likeness (QED) is 0.436. The van der Waals surface area contributed by atoms with E-state index in [1.165, 1.54) is 11.6 Å². The summed E-state index contributed by atoms with van der Waals surface area (Å²) in [6.07, 6.45) is 2.03. The number of nitrogens with one attached hydrogen (secondary N) is 2. The van der Waals surface area contributed by atoms with Crippen LogP contribution in [0.4, 0.5) is 11.4 Å². The van der Waals surface area contributed by atoms with E-state index in [0.29, 0.717) is 24.3 Å². The zero-order valence-corrected chi connectivity index (χ0v) is 14.1. The molecule has 6 nitrogen and oxygen atoms in total. The number of benzene rings is 2. The van der Waals surface area contributed by atoms with Crippen LogP contribution in [0.2, 0.25) is 0 Å². The van der Waals surface area contributed by atoms with Crippen LogP contribution in [0.3, 0.4) is 0 Å². The van der Waals surface area contributed by atoms with E-state index in [2.05, 4.69) is 10.6 Å². The summed E-state index contributed by atoms with van der Waals surface area (Å²) in [5, 5.41) is 16.7. The van der Waals surface area contributed by atoms with Gasteiger partial charge in [0.15, 0.2) is 0 Å². The molecule has 0 unspecified atom stereocenters. The van der Waals surface area contributed by atoms with Crippen molar-refractivity contribution in [2.75, 3.05) is 24.7 Å². The van der Waals surface area contributed by atoms with E-state index in [4.69, 9.17) is 0 Å². The fraction of sp³-hybridized carbons (Fsp3) is 0.235. The van der Waals surface area contributed by atoms with Crippen LogP contribution in [0.1, 0.15) is 15.9 Å². The van der Waals surface area contributed by atoms with Crippen molar-refractivity contribution in [3.63, 3.8) is 0 Å². The minimum atomic E-state index is -0.433. The predicted molar refractivity (Wildman–Crippen MR) is 97.6 cm³/mol. The highest BCUT2D eigenvalue weighted by Crippen LogP contribution is 2.22. The molecule has 0 spiro atoms. The molecule has 0 fully saturated rings. The molecule has 2 aromatic carbocycles. The smallest absolute Gasteiger partial charge is 0.292 e. The minimum Gasteiger partial charge on any atom is -0.378 e. The van der Waals surface area contributed by atoms with Crippen molar-refractivity contribution in [1.29, 1.82) is 0 Å². The highest BCUT2D eigenvalue weighted by Gasteiger charge is 2.11.